The van der Waals surface area contributed by atoms with E-state index in [0.717, 1.165) is 12.1 Å². The number of carbonyl (C=O) groups excluding carboxylic acids is 1. The lowest BCUT2D eigenvalue weighted by atomic mass is 10.3. The van der Waals surface area contributed by atoms with Crippen LogP contribution in [0, 0.1) is 0 Å². The van der Waals surface area contributed by atoms with Crippen LogP contribution >= 0.6 is 0 Å². The Bertz CT molecular complexity index is 739. The molecule has 3 heterocycles. The van der Waals surface area contributed by atoms with Gasteiger partial charge in [-0.05, 0) is 24.3 Å². The van der Waals surface area contributed by atoms with Gasteiger partial charge in [-0.15, -0.1) is 0 Å². The first-order chi connectivity index (χ1) is 10.8. The van der Waals surface area contributed by atoms with Crippen LogP contribution in [0.25, 0.3) is 0 Å². The lowest BCUT2D eigenvalue weighted by molar-refractivity contribution is 0.102. The Morgan fingerprint density at radius 1 is 1.05 bits per heavy atom. The third-order valence-corrected chi connectivity index (χ3v) is 3.10. The molecule has 0 bridgehead atoms. The molecule has 3 aromatic rings. The second kappa shape index (κ2) is 6.62. The third kappa shape index (κ3) is 3.54. The molecule has 0 spiro atoms. The van der Waals surface area contributed by atoms with Crippen LogP contribution in [-0.4, -0.2) is 25.7 Å². The second-order valence-electron chi connectivity index (χ2n) is 4.70. The van der Waals surface area contributed by atoms with Crippen molar-refractivity contribution in [2.24, 2.45) is 0 Å². The van der Waals surface area contributed by atoms with Crippen molar-refractivity contribution in [3.05, 3.63) is 72.4 Å². The predicted octanol–water partition coefficient (Wildman–Crippen LogP) is 2.17. The van der Waals surface area contributed by atoms with Crippen LogP contribution in [0.4, 0.5) is 5.82 Å². The zero-order chi connectivity index (χ0) is 15.2. The first kappa shape index (κ1) is 13.9. The normalized spacial score (nSPS) is 10.4. The highest BCUT2D eigenvalue weighted by atomic mass is 16.1. The molecule has 0 saturated heterocycles. The molecule has 6 heteroatoms. The Hall–Kier alpha value is -3.02. The van der Waals surface area contributed by atoms with E-state index in [-0.39, 0.29) is 5.91 Å². The van der Waals surface area contributed by atoms with E-state index in [9.17, 15) is 4.79 Å². The molecule has 0 aliphatic carbocycles. The summed E-state index contributed by atoms with van der Waals surface area (Å²) in [5.41, 5.74) is 1.38. The summed E-state index contributed by atoms with van der Waals surface area (Å²) in [7, 11) is 0. The summed E-state index contributed by atoms with van der Waals surface area (Å²) < 4.78 is 1.78. The van der Waals surface area contributed by atoms with Crippen LogP contribution in [0.2, 0.25) is 0 Å². The largest absolute Gasteiger partial charge is 0.304 e. The van der Waals surface area contributed by atoms with Crippen LogP contribution in [0.15, 0.2) is 61.1 Å². The van der Waals surface area contributed by atoms with Crippen LogP contribution in [-0.2, 0) is 13.0 Å². The summed E-state index contributed by atoms with van der Waals surface area (Å²) in [4.78, 5) is 20.2. The Labute approximate surface area is 127 Å². The van der Waals surface area contributed by atoms with Gasteiger partial charge in [-0.3, -0.25) is 19.4 Å². The van der Waals surface area contributed by atoms with Gasteiger partial charge in [-0.1, -0.05) is 12.1 Å². The fourth-order valence-electron chi connectivity index (χ4n) is 2.01. The zero-order valence-corrected chi connectivity index (χ0v) is 11.9. The number of rotatable bonds is 5. The van der Waals surface area contributed by atoms with Gasteiger partial charge in [0, 0.05) is 43.3 Å². The van der Waals surface area contributed by atoms with Crippen molar-refractivity contribution < 1.29 is 4.79 Å². The molecule has 22 heavy (non-hydrogen) atoms. The second-order valence-corrected chi connectivity index (χ2v) is 4.70. The fourth-order valence-corrected chi connectivity index (χ4v) is 2.01. The zero-order valence-electron chi connectivity index (χ0n) is 11.9. The molecule has 0 aliphatic rings. The SMILES string of the molecule is O=C(Nc1ccn(CCc2ccccn2)n1)c1ccccn1. The van der Waals surface area contributed by atoms with Crippen LogP contribution < -0.4 is 5.32 Å². The van der Waals surface area contributed by atoms with E-state index in [0.29, 0.717) is 18.1 Å². The van der Waals surface area contributed by atoms with Crippen molar-refractivity contribution in [3.8, 4) is 0 Å². The maximum atomic E-state index is 12.0. The molecule has 1 amide bonds. The molecule has 0 radical (unpaired) electrons. The van der Waals surface area contributed by atoms with E-state index in [1.165, 1.54) is 0 Å². The van der Waals surface area contributed by atoms with Gasteiger partial charge < -0.3 is 5.32 Å². The number of hydrogen-bond donors (Lipinski definition) is 1. The number of nitrogens with one attached hydrogen (secondary N) is 1. The van der Waals surface area contributed by atoms with Gasteiger partial charge in [0.15, 0.2) is 5.82 Å². The molecular formula is C16H15N5O. The minimum Gasteiger partial charge on any atom is -0.304 e. The van der Waals surface area contributed by atoms with Gasteiger partial charge in [0.1, 0.15) is 5.69 Å². The number of amides is 1. The molecule has 1 N–H and O–H groups in total. The number of pyridine rings is 2. The number of nitrogens with zero attached hydrogens (tertiary/aromatic N) is 4. The summed E-state index contributed by atoms with van der Waals surface area (Å²) >= 11 is 0. The average molecular weight is 293 g/mol. The first-order valence-corrected chi connectivity index (χ1v) is 6.97. The topological polar surface area (TPSA) is 72.7 Å². The third-order valence-electron chi connectivity index (χ3n) is 3.10. The van der Waals surface area contributed by atoms with Crippen molar-refractivity contribution >= 4 is 11.7 Å². The van der Waals surface area contributed by atoms with E-state index < -0.39 is 0 Å². The van der Waals surface area contributed by atoms with Crippen molar-refractivity contribution in [1.29, 1.82) is 0 Å². The standard InChI is InChI=1S/C16H15N5O/c22-16(14-6-2-4-10-18-14)19-15-8-12-21(20-15)11-7-13-5-1-3-9-17-13/h1-6,8-10,12H,7,11H2,(H,19,20,22). The molecule has 3 aromatic heterocycles. The highest BCUT2D eigenvalue weighted by Gasteiger charge is 2.08. The molecule has 3 rings (SSSR count). The van der Waals surface area contributed by atoms with E-state index in [4.69, 9.17) is 0 Å². The van der Waals surface area contributed by atoms with Crippen molar-refractivity contribution in [1.82, 2.24) is 19.7 Å². The summed E-state index contributed by atoms with van der Waals surface area (Å²) in [6, 6.07) is 12.8. The van der Waals surface area contributed by atoms with Crippen LogP contribution in [0.1, 0.15) is 16.2 Å². The van der Waals surface area contributed by atoms with Gasteiger partial charge in [0.2, 0.25) is 0 Å². The van der Waals surface area contributed by atoms with Gasteiger partial charge in [-0.25, -0.2) is 0 Å². The molecule has 0 saturated carbocycles. The molecule has 0 fully saturated rings. The van der Waals surface area contributed by atoms with Crippen molar-refractivity contribution in [3.63, 3.8) is 0 Å². The first-order valence-electron chi connectivity index (χ1n) is 6.97. The van der Waals surface area contributed by atoms with E-state index in [2.05, 4.69) is 20.4 Å². The molecule has 0 aromatic carbocycles. The highest BCUT2D eigenvalue weighted by Crippen LogP contribution is 2.06. The van der Waals surface area contributed by atoms with Gasteiger partial charge in [0.05, 0.1) is 0 Å². The van der Waals surface area contributed by atoms with Crippen molar-refractivity contribution in [2.45, 2.75) is 13.0 Å². The predicted molar refractivity (Wildman–Crippen MR) is 82.4 cm³/mol. The number of hydrogen-bond acceptors (Lipinski definition) is 4. The van der Waals surface area contributed by atoms with Crippen LogP contribution in [0.5, 0.6) is 0 Å². The summed E-state index contributed by atoms with van der Waals surface area (Å²) in [6.45, 7) is 0.705. The van der Waals surface area contributed by atoms with Gasteiger partial charge in [0.25, 0.3) is 5.91 Å². The lowest BCUT2D eigenvalue weighted by Gasteiger charge is -2.02. The summed E-state index contributed by atoms with van der Waals surface area (Å²) in [5.74, 6) is 0.243. The number of aryl methyl sites for hydroxylation is 2. The number of anilines is 1. The summed E-state index contributed by atoms with van der Waals surface area (Å²) in [5, 5.41) is 7.05. The molecule has 110 valence electrons. The number of aromatic nitrogens is 4. The Balaban J connectivity index is 1.58. The maximum absolute atomic E-state index is 12.0. The molecule has 0 atom stereocenters. The monoisotopic (exact) mass is 293 g/mol. The number of carbonyl (C=O) groups is 1. The maximum Gasteiger partial charge on any atom is 0.275 e. The minimum absolute atomic E-state index is 0.268. The average Bonchev–Trinajstić information content (AvgIpc) is 3.02. The Morgan fingerprint density at radius 3 is 2.59 bits per heavy atom. The summed E-state index contributed by atoms with van der Waals surface area (Å²) in [6.07, 6.45) is 5.98. The molecule has 6 nitrogen and oxygen atoms in total. The fraction of sp³-hybridized carbons (Fsp3) is 0.125. The Kier molecular flexibility index (Phi) is 4.20. The van der Waals surface area contributed by atoms with Crippen LogP contribution in [0.3, 0.4) is 0 Å². The molecular weight excluding hydrogens is 278 g/mol. The van der Waals surface area contributed by atoms with E-state index in [1.807, 2.05) is 24.4 Å². The van der Waals surface area contributed by atoms with E-state index in [1.54, 1.807) is 41.3 Å². The Morgan fingerprint density at radius 2 is 1.86 bits per heavy atom. The van der Waals surface area contributed by atoms with E-state index >= 15 is 0 Å². The minimum atomic E-state index is -0.268. The molecule has 0 aliphatic heterocycles. The molecule has 0 unspecified atom stereocenters. The smallest absolute Gasteiger partial charge is 0.275 e. The quantitative estimate of drug-likeness (QED) is 0.782. The highest BCUT2D eigenvalue weighted by molar-refractivity contribution is 6.02. The van der Waals surface area contributed by atoms with Gasteiger partial charge >= 0.3 is 0 Å². The van der Waals surface area contributed by atoms with Gasteiger partial charge in [-0.2, -0.15) is 5.10 Å². The van der Waals surface area contributed by atoms with Crippen molar-refractivity contribution in [2.75, 3.05) is 5.32 Å². The lowest BCUT2D eigenvalue weighted by Crippen LogP contribution is -2.14.